The Morgan fingerprint density at radius 2 is 2.43 bits per heavy atom. The van der Waals surface area contributed by atoms with Crippen molar-refractivity contribution in [3.63, 3.8) is 0 Å². The third-order valence-corrected chi connectivity index (χ3v) is 0.782. The summed E-state index contributed by atoms with van der Waals surface area (Å²) in [6.07, 6.45) is 2.81. The smallest absolute Gasteiger partial charge is 0.121 e. The van der Waals surface area contributed by atoms with Crippen molar-refractivity contribution >= 4 is 6.21 Å². The van der Waals surface area contributed by atoms with Gasteiger partial charge in [-0.05, 0) is 0 Å². The molecular formula is C5H7N2. The molecule has 37 valence electrons. The number of nitrogens with zero attached hydrogens (tertiary/aromatic N) is 2. The maximum atomic E-state index is 3.79. The summed E-state index contributed by atoms with van der Waals surface area (Å²) in [4.78, 5) is 0. The average molecular weight is 95.1 g/mol. The predicted molar refractivity (Wildman–Crippen MR) is 27.6 cm³/mol. The third kappa shape index (κ3) is 0.918. The highest BCUT2D eigenvalue weighted by Gasteiger charge is 2.09. The Balaban J connectivity index is 2.42. The van der Waals surface area contributed by atoms with Crippen molar-refractivity contribution in [1.82, 2.24) is 5.01 Å². The van der Waals surface area contributed by atoms with Crippen molar-refractivity contribution in [2.45, 2.75) is 6.92 Å². The van der Waals surface area contributed by atoms with Crippen LogP contribution in [0.3, 0.4) is 0 Å². The minimum Gasteiger partial charge on any atom is -0.288 e. The second-order valence-corrected chi connectivity index (χ2v) is 1.60. The van der Waals surface area contributed by atoms with E-state index in [4.69, 9.17) is 0 Å². The Morgan fingerprint density at radius 1 is 1.71 bits per heavy atom. The van der Waals surface area contributed by atoms with Gasteiger partial charge in [-0.15, -0.1) is 0 Å². The molecule has 1 unspecified atom stereocenters. The van der Waals surface area contributed by atoms with Gasteiger partial charge >= 0.3 is 0 Å². The van der Waals surface area contributed by atoms with Crippen LogP contribution in [0.1, 0.15) is 6.92 Å². The summed E-state index contributed by atoms with van der Waals surface area (Å²) in [5.74, 6) is 0.282. The van der Waals surface area contributed by atoms with Crippen molar-refractivity contribution in [2.24, 2.45) is 11.0 Å². The molecule has 7 heavy (non-hydrogen) atoms. The minimum absolute atomic E-state index is 0.282. The summed E-state index contributed by atoms with van der Waals surface area (Å²) >= 11 is 0. The normalized spacial score (nSPS) is 29.4. The zero-order chi connectivity index (χ0) is 5.28. The molecule has 1 rings (SSSR count). The van der Waals surface area contributed by atoms with Crippen LogP contribution in [0.2, 0.25) is 0 Å². The lowest BCUT2D eigenvalue weighted by Gasteiger charge is -2.01. The highest BCUT2D eigenvalue weighted by atomic mass is 15.4. The van der Waals surface area contributed by atoms with Gasteiger partial charge in [-0.2, -0.15) is 5.10 Å². The zero-order valence-corrected chi connectivity index (χ0v) is 4.47. The summed E-state index contributed by atoms with van der Waals surface area (Å²) in [5, 5.41) is 5.43. The molecule has 1 heterocycles. The highest BCUT2D eigenvalue weighted by Crippen LogP contribution is 2.07. The Bertz CT molecular complexity index is 78.1. The Hall–Kier alpha value is -0.530. The van der Waals surface area contributed by atoms with Crippen LogP contribution in [0.15, 0.2) is 5.10 Å². The van der Waals surface area contributed by atoms with Gasteiger partial charge in [-0.25, -0.2) is 0 Å². The SMILES string of the molecule is CC1[C]N(C)N=[C]1. The van der Waals surface area contributed by atoms with Crippen LogP contribution in [0.4, 0.5) is 0 Å². The summed E-state index contributed by atoms with van der Waals surface area (Å²) in [6, 6.07) is 0. The fraction of sp³-hybridized carbons (Fsp3) is 0.600. The van der Waals surface area contributed by atoms with Crippen LogP contribution in [0, 0.1) is 12.5 Å². The van der Waals surface area contributed by atoms with Crippen LogP contribution in [0.5, 0.6) is 0 Å². The van der Waals surface area contributed by atoms with Crippen molar-refractivity contribution in [3.05, 3.63) is 6.54 Å². The van der Waals surface area contributed by atoms with Crippen molar-refractivity contribution in [2.75, 3.05) is 7.05 Å². The first-order chi connectivity index (χ1) is 3.29. The summed E-state index contributed by atoms with van der Waals surface area (Å²) in [5.41, 5.74) is 0. The van der Waals surface area contributed by atoms with E-state index < -0.39 is 0 Å². The van der Waals surface area contributed by atoms with E-state index in [1.54, 1.807) is 5.01 Å². The van der Waals surface area contributed by atoms with Crippen LogP contribution in [-0.2, 0) is 0 Å². The van der Waals surface area contributed by atoms with Gasteiger partial charge in [0.1, 0.15) is 6.54 Å². The number of hydrogen-bond donors (Lipinski definition) is 0. The van der Waals surface area contributed by atoms with Crippen LogP contribution in [-0.4, -0.2) is 18.3 Å². The van der Waals surface area contributed by atoms with Gasteiger partial charge in [-0.1, -0.05) is 6.92 Å². The van der Waals surface area contributed by atoms with E-state index in [-0.39, 0.29) is 5.92 Å². The van der Waals surface area contributed by atoms with Gasteiger partial charge < -0.3 is 0 Å². The monoisotopic (exact) mass is 95.1 g/mol. The first-order valence-corrected chi connectivity index (χ1v) is 2.25. The van der Waals surface area contributed by atoms with E-state index >= 15 is 0 Å². The van der Waals surface area contributed by atoms with Crippen molar-refractivity contribution in [1.29, 1.82) is 0 Å². The van der Waals surface area contributed by atoms with Gasteiger partial charge in [0.2, 0.25) is 0 Å². The summed E-state index contributed by atoms with van der Waals surface area (Å²) < 4.78 is 0. The van der Waals surface area contributed by atoms with E-state index in [2.05, 4.69) is 17.9 Å². The third-order valence-electron chi connectivity index (χ3n) is 0.782. The molecule has 0 spiro atoms. The molecule has 0 aromatic heterocycles. The zero-order valence-electron chi connectivity index (χ0n) is 4.47. The van der Waals surface area contributed by atoms with E-state index in [0.29, 0.717) is 0 Å². The molecular weight excluding hydrogens is 88.1 g/mol. The first-order valence-electron chi connectivity index (χ1n) is 2.25. The molecule has 0 N–H and O–H groups in total. The quantitative estimate of drug-likeness (QED) is 0.427. The first kappa shape index (κ1) is 4.62. The molecule has 0 amide bonds. The largest absolute Gasteiger partial charge is 0.288 e. The maximum Gasteiger partial charge on any atom is 0.121 e. The molecule has 0 aliphatic carbocycles. The fourth-order valence-electron chi connectivity index (χ4n) is 0.511. The van der Waals surface area contributed by atoms with Crippen LogP contribution in [0.25, 0.3) is 0 Å². The Morgan fingerprint density at radius 3 is 2.57 bits per heavy atom. The summed E-state index contributed by atoms with van der Waals surface area (Å²) in [7, 11) is 1.84. The average Bonchev–Trinajstić information content (AvgIpc) is 1.87. The lowest BCUT2D eigenvalue weighted by molar-refractivity contribution is 0.438. The molecule has 2 heteroatoms. The molecule has 1 aliphatic rings. The lowest BCUT2D eigenvalue weighted by Crippen LogP contribution is -2.02. The minimum atomic E-state index is 0.282. The van der Waals surface area contributed by atoms with Crippen molar-refractivity contribution in [3.8, 4) is 0 Å². The Kier molecular flexibility index (Phi) is 1.01. The van der Waals surface area contributed by atoms with Crippen LogP contribution < -0.4 is 0 Å². The molecule has 0 saturated heterocycles. The maximum absolute atomic E-state index is 3.79. The molecule has 3 radical (unpaired) electrons. The lowest BCUT2D eigenvalue weighted by atomic mass is 10.2. The topological polar surface area (TPSA) is 15.6 Å². The number of rotatable bonds is 0. The molecule has 0 saturated carbocycles. The van der Waals surface area contributed by atoms with Crippen molar-refractivity contribution < 1.29 is 0 Å². The molecule has 0 bridgehead atoms. The van der Waals surface area contributed by atoms with E-state index in [1.807, 2.05) is 14.0 Å². The van der Waals surface area contributed by atoms with Gasteiger partial charge in [0, 0.05) is 13.0 Å². The van der Waals surface area contributed by atoms with Gasteiger partial charge in [0.15, 0.2) is 0 Å². The summed E-state index contributed by atoms with van der Waals surface area (Å²) in [6.45, 7) is 4.97. The number of hydrazone groups is 1. The van der Waals surface area contributed by atoms with Gasteiger partial charge in [0.05, 0.1) is 6.21 Å². The van der Waals surface area contributed by atoms with Gasteiger partial charge in [0.25, 0.3) is 0 Å². The standard InChI is InChI=1S/C5H7N2/c1-5-3-6-7(2)4-5/h5H,1-2H3. The Labute approximate surface area is 43.8 Å². The molecule has 0 fully saturated rings. The van der Waals surface area contributed by atoms with E-state index in [0.717, 1.165) is 0 Å². The second-order valence-electron chi connectivity index (χ2n) is 1.60. The van der Waals surface area contributed by atoms with Crippen LogP contribution >= 0.6 is 0 Å². The predicted octanol–water partition coefficient (Wildman–Crippen LogP) is 0.469. The molecule has 0 aromatic rings. The molecule has 1 atom stereocenters. The molecule has 2 nitrogen and oxygen atoms in total. The highest BCUT2D eigenvalue weighted by molar-refractivity contribution is 5.63. The molecule has 0 aromatic carbocycles. The fourth-order valence-corrected chi connectivity index (χ4v) is 0.511. The van der Waals surface area contributed by atoms with E-state index in [9.17, 15) is 0 Å². The number of hydrogen-bond acceptors (Lipinski definition) is 2. The second kappa shape index (κ2) is 1.52. The molecule has 1 aliphatic heterocycles. The van der Waals surface area contributed by atoms with E-state index in [1.165, 1.54) is 0 Å². The van der Waals surface area contributed by atoms with Gasteiger partial charge in [-0.3, -0.25) is 5.01 Å².